The van der Waals surface area contributed by atoms with Crippen LogP contribution < -0.4 is 5.32 Å². The first-order valence-corrected chi connectivity index (χ1v) is 7.13. The smallest absolute Gasteiger partial charge is 0.318 e. The minimum absolute atomic E-state index is 0.0475. The van der Waals surface area contributed by atoms with E-state index >= 15 is 0 Å². The number of rotatable bonds is 6. The summed E-state index contributed by atoms with van der Waals surface area (Å²) < 4.78 is 0. The zero-order valence-electron chi connectivity index (χ0n) is 13.3. The minimum Gasteiger partial charge on any atom is -0.328 e. The topological polar surface area (TPSA) is 75.2 Å². The van der Waals surface area contributed by atoms with Crippen molar-refractivity contribution in [1.29, 1.82) is 0 Å². The summed E-state index contributed by atoms with van der Waals surface area (Å²) in [5.74, 6) is -0.0111. The molecule has 0 saturated heterocycles. The lowest BCUT2D eigenvalue weighted by Gasteiger charge is -2.26. The van der Waals surface area contributed by atoms with Crippen LogP contribution in [0, 0.1) is 11.8 Å². The predicted molar refractivity (Wildman–Crippen MR) is 80.5 cm³/mol. The number of hydrogen-bond acceptors (Lipinski definition) is 4. The number of ketones is 1. The lowest BCUT2D eigenvalue weighted by Crippen LogP contribution is -2.50. The predicted octanol–water partition coefficient (Wildman–Crippen LogP) is 1.87. The van der Waals surface area contributed by atoms with Gasteiger partial charge in [-0.05, 0) is 5.92 Å². The van der Waals surface area contributed by atoms with E-state index in [1.807, 2.05) is 27.7 Å². The maximum atomic E-state index is 12.2. The molecular formula is C15H24N4O2. The van der Waals surface area contributed by atoms with Crippen LogP contribution in [0.15, 0.2) is 18.6 Å². The summed E-state index contributed by atoms with van der Waals surface area (Å²) >= 11 is 0. The Morgan fingerprint density at radius 2 is 1.90 bits per heavy atom. The maximum absolute atomic E-state index is 12.2. The Bertz CT molecular complexity index is 474. The Balaban J connectivity index is 2.67. The number of hydrogen-bond donors (Lipinski definition) is 1. The number of urea groups is 1. The number of carbonyl (C=O) groups excluding carboxylic acids is 2. The molecule has 116 valence electrons. The van der Waals surface area contributed by atoms with E-state index in [2.05, 4.69) is 15.3 Å². The Kier molecular flexibility index (Phi) is 6.27. The van der Waals surface area contributed by atoms with Crippen LogP contribution in [0.5, 0.6) is 0 Å². The highest BCUT2D eigenvalue weighted by atomic mass is 16.2. The van der Waals surface area contributed by atoms with E-state index in [1.165, 1.54) is 4.90 Å². The van der Waals surface area contributed by atoms with Crippen molar-refractivity contribution < 1.29 is 9.59 Å². The molecular weight excluding hydrogens is 268 g/mol. The van der Waals surface area contributed by atoms with Crippen LogP contribution in [0.25, 0.3) is 0 Å². The molecule has 1 rings (SSSR count). The highest BCUT2D eigenvalue weighted by Crippen LogP contribution is 2.10. The summed E-state index contributed by atoms with van der Waals surface area (Å²) in [4.78, 5) is 33.9. The standard InChI is InChI=1S/C15H24N4O2/c1-10(2)13(14(20)11(3)4)18-15(21)19(5)9-12-8-16-6-7-17-12/h6-8,10-11,13H,9H2,1-5H3,(H,18,21). The number of amides is 2. The van der Waals surface area contributed by atoms with E-state index in [1.54, 1.807) is 25.6 Å². The molecule has 0 bridgehead atoms. The van der Waals surface area contributed by atoms with Crippen LogP contribution in [-0.2, 0) is 11.3 Å². The van der Waals surface area contributed by atoms with Crippen LogP contribution >= 0.6 is 0 Å². The van der Waals surface area contributed by atoms with Crippen LogP contribution in [0.2, 0.25) is 0 Å². The normalized spacial score (nSPS) is 12.3. The molecule has 1 aromatic heterocycles. The van der Waals surface area contributed by atoms with Gasteiger partial charge in [-0.3, -0.25) is 14.8 Å². The van der Waals surface area contributed by atoms with Gasteiger partial charge in [0.15, 0.2) is 5.78 Å². The molecule has 0 spiro atoms. The first kappa shape index (κ1) is 17.1. The van der Waals surface area contributed by atoms with Gasteiger partial charge in [-0.2, -0.15) is 0 Å². The summed E-state index contributed by atoms with van der Waals surface area (Å²) in [6.07, 6.45) is 4.78. The monoisotopic (exact) mass is 292 g/mol. The molecule has 0 aliphatic heterocycles. The number of nitrogens with one attached hydrogen (secondary N) is 1. The van der Waals surface area contributed by atoms with Gasteiger partial charge >= 0.3 is 6.03 Å². The van der Waals surface area contributed by atoms with Crippen molar-refractivity contribution in [2.24, 2.45) is 11.8 Å². The molecule has 0 radical (unpaired) electrons. The van der Waals surface area contributed by atoms with Gasteiger partial charge in [0.2, 0.25) is 0 Å². The second-order valence-corrected chi connectivity index (χ2v) is 5.78. The second kappa shape index (κ2) is 7.71. The molecule has 6 heteroatoms. The zero-order chi connectivity index (χ0) is 16.0. The van der Waals surface area contributed by atoms with Gasteiger partial charge in [-0.15, -0.1) is 0 Å². The molecule has 0 aromatic carbocycles. The third-order valence-electron chi connectivity index (χ3n) is 3.18. The lowest BCUT2D eigenvalue weighted by molar-refractivity contribution is -0.124. The molecule has 1 N–H and O–H groups in total. The Labute approximate surface area is 126 Å². The summed E-state index contributed by atoms with van der Waals surface area (Å²) in [5, 5.41) is 2.81. The average molecular weight is 292 g/mol. The van der Waals surface area contributed by atoms with E-state index in [4.69, 9.17) is 0 Å². The molecule has 1 aromatic rings. The Morgan fingerprint density at radius 1 is 1.24 bits per heavy atom. The second-order valence-electron chi connectivity index (χ2n) is 5.78. The van der Waals surface area contributed by atoms with Gasteiger partial charge < -0.3 is 10.2 Å². The molecule has 0 aliphatic carbocycles. The molecule has 1 atom stereocenters. The van der Waals surface area contributed by atoms with Crippen LogP contribution in [0.3, 0.4) is 0 Å². The SMILES string of the molecule is CC(C)C(=O)C(NC(=O)N(C)Cc1cnccn1)C(C)C. The molecule has 2 amide bonds. The molecule has 0 saturated carbocycles. The number of nitrogens with zero attached hydrogens (tertiary/aromatic N) is 3. The Hall–Kier alpha value is -1.98. The summed E-state index contributed by atoms with van der Waals surface area (Å²) in [7, 11) is 1.67. The van der Waals surface area contributed by atoms with Crippen molar-refractivity contribution in [2.45, 2.75) is 40.3 Å². The van der Waals surface area contributed by atoms with Crippen molar-refractivity contribution >= 4 is 11.8 Å². The molecule has 0 aliphatic rings. The molecule has 21 heavy (non-hydrogen) atoms. The van der Waals surface area contributed by atoms with E-state index in [9.17, 15) is 9.59 Å². The van der Waals surface area contributed by atoms with Gasteiger partial charge in [-0.25, -0.2) is 4.79 Å². The Morgan fingerprint density at radius 3 is 2.38 bits per heavy atom. The van der Waals surface area contributed by atoms with Crippen molar-refractivity contribution in [3.05, 3.63) is 24.3 Å². The van der Waals surface area contributed by atoms with Crippen molar-refractivity contribution in [2.75, 3.05) is 7.05 Å². The number of aromatic nitrogens is 2. The minimum atomic E-state index is -0.471. The fraction of sp³-hybridized carbons (Fsp3) is 0.600. The molecule has 1 unspecified atom stereocenters. The average Bonchev–Trinajstić information content (AvgIpc) is 2.44. The highest BCUT2D eigenvalue weighted by molar-refractivity contribution is 5.89. The summed E-state index contributed by atoms with van der Waals surface area (Å²) in [5.41, 5.74) is 0.700. The summed E-state index contributed by atoms with van der Waals surface area (Å²) in [6.45, 7) is 7.88. The highest BCUT2D eigenvalue weighted by Gasteiger charge is 2.27. The number of Topliss-reactive ketones (excluding diaryl/α,β-unsaturated/α-hetero) is 1. The van der Waals surface area contributed by atoms with Gasteiger partial charge in [0.1, 0.15) is 0 Å². The van der Waals surface area contributed by atoms with Crippen molar-refractivity contribution in [3.63, 3.8) is 0 Å². The van der Waals surface area contributed by atoms with Crippen molar-refractivity contribution in [1.82, 2.24) is 20.2 Å². The van der Waals surface area contributed by atoms with Gasteiger partial charge in [0.25, 0.3) is 0 Å². The third kappa shape index (κ3) is 5.13. The quantitative estimate of drug-likeness (QED) is 0.868. The fourth-order valence-corrected chi connectivity index (χ4v) is 1.90. The van der Waals surface area contributed by atoms with Gasteiger partial charge in [0.05, 0.1) is 24.5 Å². The van der Waals surface area contributed by atoms with E-state index in [-0.39, 0.29) is 23.7 Å². The number of carbonyl (C=O) groups is 2. The van der Waals surface area contributed by atoms with E-state index in [0.717, 1.165) is 0 Å². The van der Waals surface area contributed by atoms with E-state index < -0.39 is 6.04 Å². The third-order valence-corrected chi connectivity index (χ3v) is 3.18. The largest absolute Gasteiger partial charge is 0.328 e. The maximum Gasteiger partial charge on any atom is 0.318 e. The molecule has 0 fully saturated rings. The zero-order valence-corrected chi connectivity index (χ0v) is 13.3. The van der Waals surface area contributed by atoms with Crippen LogP contribution in [-0.4, -0.2) is 39.8 Å². The fourth-order valence-electron chi connectivity index (χ4n) is 1.90. The van der Waals surface area contributed by atoms with Gasteiger partial charge in [0, 0.05) is 25.4 Å². The van der Waals surface area contributed by atoms with Crippen molar-refractivity contribution in [3.8, 4) is 0 Å². The van der Waals surface area contributed by atoms with Crippen LogP contribution in [0.1, 0.15) is 33.4 Å². The van der Waals surface area contributed by atoms with Gasteiger partial charge in [-0.1, -0.05) is 27.7 Å². The van der Waals surface area contributed by atoms with E-state index in [0.29, 0.717) is 12.2 Å². The molecule has 6 nitrogen and oxygen atoms in total. The lowest BCUT2D eigenvalue weighted by atomic mass is 9.93. The summed E-state index contributed by atoms with van der Waals surface area (Å²) in [6, 6.07) is -0.754. The molecule has 1 heterocycles. The van der Waals surface area contributed by atoms with Crippen LogP contribution in [0.4, 0.5) is 4.79 Å². The first-order chi connectivity index (χ1) is 9.82. The first-order valence-electron chi connectivity index (χ1n) is 7.13.